The Morgan fingerprint density at radius 1 is 1.23 bits per heavy atom. The summed E-state index contributed by atoms with van der Waals surface area (Å²) in [5.74, 6) is 1.12. The lowest BCUT2D eigenvalue weighted by molar-refractivity contribution is 0.104. The number of halogens is 1. The third kappa shape index (κ3) is 2.92. The maximum atomic E-state index is 12.1. The number of carbonyl (C=O) groups is 1. The number of rotatable bonds is 4. The normalized spacial score (nSPS) is 12.6. The Bertz CT molecular complexity index is 735. The van der Waals surface area contributed by atoms with Crippen molar-refractivity contribution in [2.24, 2.45) is 0 Å². The third-order valence-corrected chi connectivity index (χ3v) is 3.66. The van der Waals surface area contributed by atoms with E-state index in [0.717, 1.165) is 11.3 Å². The zero-order chi connectivity index (χ0) is 15.5. The first-order valence-electron chi connectivity index (χ1n) is 6.77. The SMILES string of the molecule is Cc1cccc(Cl)c1N/C=C/C(=O)c1ccc2c(c1)OCO2. The average Bonchev–Trinajstić information content (AvgIpc) is 2.97. The van der Waals surface area contributed by atoms with Gasteiger partial charge in [0.25, 0.3) is 0 Å². The fourth-order valence-corrected chi connectivity index (χ4v) is 2.44. The van der Waals surface area contributed by atoms with Gasteiger partial charge in [-0.25, -0.2) is 0 Å². The Morgan fingerprint density at radius 2 is 2.05 bits per heavy atom. The molecule has 0 fully saturated rings. The van der Waals surface area contributed by atoms with E-state index in [1.807, 2.05) is 19.1 Å². The topological polar surface area (TPSA) is 47.6 Å². The minimum Gasteiger partial charge on any atom is -0.454 e. The van der Waals surface area contributed by atoms with Crippen LogP contribution in [-0.2, 0) is 0 Å². The molecular weight excluding hydrogens is 302 g/mol. The zero-order valence-electron chi connectivity index (χ0n) is 11.9. The molecule has 0 radical (unpaired) electrons. The molecule has 1 heterocycles. The minimum atomic E-state index is -0.129. The quantitative estimate of drug-likeness (QED) is 0.679. The van der Waals surface area contributed by atoms with E-state index in [4.69, 9.17) is 21.1 Å². The van der Waals surface area contributed by atoms with Crippen LogP contribution in [0.4, 0.5) is 5.69 Å². The van der Waals surface area contributed by atoms with Crippen molar-refractivity contribution in [3.63, 3.8) is 0 Å². The van der Waals surface area contributed by atoms with Gasteiger partial charge in [-0.15, -0.1) is 0 Å². The monoisotopic (exact) mass is 315 g/mol. The molecule has 22 heavy (non-hydrogen) atoms. The van der Waals surface area contributed by atoms with Crippen LogP contribution in [0.1, 0.15) is 15.9 Å². The van der Waals surface area contributed by atoms with Crippen molar-refractivity contribution in [1.82, 2.24) is 0 Å². The Morgan fingerprint density at radius 3 is 2.86 bits per heavy atom. The van der Waals surface area contributed by atoms with Crippen molar-refractivity contribution < 1.29 is 14.3 Å². The summed E-state index contributed by atoms with van der Waals surface area (Å²) in [6.45, 7) is 2.14. The number of nitrogens with one attached hydrogen (secondary N) is 1. The molecule has 0 aliphatic carbocycles. The smallest absolute Gasteiger partial charge is 0.231 e. The number of aryl methyl sites for hydroxylation is 1. The number of carbonyl (C=O) groups excluding carboxylic acids is 1. The molecule has 1 aliphatic heterocycles. The number of allylic oxidation sites excluding steroid dienone is 1. The number of hydrogen-bond donors (Lipinski definition) is 1. The van der Waals surface area contributed by atoms with Crippen LogP contribution < -0.4 is 14.8 Å². The number of para-hydroxylation sites is 1. The number of ketones is 1. The molecule has 2 aromatic carbocycles. The van der Waals surface area contributed by atoms with E-state index in [9.17, 15) is 4.79 Å². The molecule has 0 amide bonds. The number of fused-ring (bicyclic) bond motifs is 1. The fraction of sp³-hybridized carbons (Fsp3) is 0.118. The lowest BCUT2D eigenvalue weighted by atomic mass is 10.1. The van der Waals surface area contributed by atoms with Crippen LogP contribution in [0.2, 0.25) is 5.02 Å². The van der Waals surface area contributed by atoms with Gasteiger partial charge in [-0.1, -0.05) is 23.7 Å². The Balaban J connectivity index is 1.71. The van der Waals surface area contributed by atoms with Gasteiger partial charge in [0.15, 0.2) is 17.3 Å². The summed E-state index contributed by atoms with van der Waals surface area (Å²) in [4.78, 5) is 12.1. The first-order chi connectivity index (χ1) is 10.6. The largest absolute Gasteiger partial charge is 0.454 e. The van der Waals surface area contributed by atoms with Crippen LogP contribution in [0.25, 0.3) is 0 Å². The van der Waals surface area contributed by atoms with E-state index >= 15 is 0 Å². The van der Waals surface area contributed by atoms with Gasteiger partial charge in [-0.3, -0.25) is 4.79 Å². The summed E-state index contributed by atoms with van der Waals surface area (Å²) in [6.07, 6.45) is 3.04. The molecule has 0 bridgehead atoms. The van der Waals surface area contributed by atoms with Crippen LogP contribution in [-0.4, -0.2) is 12.6 Å². The predicted molar refractivity (Wildman–Crippen MR) is 85.8 cm³/mol. The Hall–Kier alpha value is -2.46. The van der Waals surface area contributed by atoms with Crippen LogP contribution >= 0.6 is 11.6 Å². The predicted octanol–water partition coefficient (Wildman–Crippen LogP) is 4.19. The molecule has 5 heteroatoms. The molecule has 112 valence electrons. The van der Waals surface area contributed by atoms with Crippen molar-refractivity contribution in [2.75, 3.05) is 12.1 Å². The highest BCUT2D eigenvalue weighted by Crippen LogP contribution is 2.32. The maximum Gasteiger partial charge on any atom is 0.231 e. The highest BCUT2D eigenvalue weighted by atomic mass is 35.5. The van der Waals surface area contributed by atoms with Crippen LogP contribution in [0.15, 0.2) is 48.7 Å². The molecule has 0 saturated heterocycles. The average molecular weight is 316 g/mol. The summed E-state index contributed by atoms with van der Waals surface area (Å²) in [6, 6.07) is 10.7. The van der Waals surface area contributed by atoms with E-state index in [-0.39, 0.29) is 12.6 Å². The number of hydrogen-bond acceptors (Lipinski definition) is 4. The highest BCUT2D eigenvalue weighted by molar-refractivity contribution is 6.33. The highest BCUT2D eigenvalue weighted by Gasteiger charge is 2.15. The minimum absolute atomic E-state index is 0.129. The van der Waals surface area contributed by atoms with E-state index in [1.165, 1.54) is 6.08 Å². The third-order valence-electron chi connectivity index (χ3n) is 3.34. The van der Waals surface area contributed by atoms with Crippen molar-refractivity contribution in [2.45, 2.75) is 6.92 Å². The fourth-order valence-electron chi connectivity index (χ4n) is 2.16. The Kier molecular flexibility index (Phi) is 4.02. The summed E-state index contributed by atoms with van der Waals surface area (Å²) < 4.78 is 10.5. The van der Waals surface area contributed by atoms with E-state index in [2.05, 4.69) is 5.32 Å². The van der Waals surface area contributed by atoms with Crippen LogP contribution in [0.3, 0.4) is 0 Å². The van der Waals surface area contributed by atoms with Crippen molar-refractivity contribution >= 4 is 23.1 Å². The molecule has 1 N–H and O–H groups in total. The molecule has 0 saturated carbocycles. The molecule has 0 spiro atoms. The van der Waals surface area contributed by atoms with Gasteiger partial charge in [0, 0.05) is 17.8 Å². The van der Waals surface area contributed by atoms with Crippen molar-refractivity contribution in [1.29, 1.82) is 0 Å². The number of ether oxygens (including phenoxy) is 2. The first-order valence-corrected chi connectivity index (χ1v) is 7.15. The van der Waals surface area contributed by atoms with Crippen molar-refractivity contribution in [3.05, 3.63) is 64.8 Å². The van der Waals surface area contributed by atoms with E-state index in [1.54, 1.807) is 30.5 Å². The second-order valence-corrected chi connectivity index (χ2v) is 5.25. The maximum absolute atomic E-state index is 12.1. The second-order valence-electron chi connectivity index (χ2n) is 4.84. The molecular formula is C17H14ClNO3. The van der Waals surface area contributed by atoms with E-state index in [0.29, 0.717) is 22.1 Å². The van der Waals surface area contributed by atoms with Crippen molar-refractivity contribution in [3.8, 4) is 11.5 Å². The van der Waals surface area contributed by atoms with Crippen LogP contribution in [0, 0.1) is 6.92 Å². The lowest BCUT2D eigenvalue weighted by Crippen LogP contribution is -1.97. The van der Waals surface area contributed by atoms with Crippen LogP contribution in [0.5, 0.6) is 11.5 Å². The van der Waals surface area contributed by atoms with Gasteiger partial charge >= 0.3 is 0 Å². The summed E-state index contributed by atoms with van der Waals surface area (Å²) in [5.41, 5.74) is 2.34. The first kappa shape index (κ1) is 14.5. The molecule has 2 aromatic rings. The molecule has 0 aromatic heterocycles. The molecule has 0 atom stereocenters. The zero-order valence-corrected chi connectivity index (χ0v) is 12.7. The van der Waals surface area contributed by atoms with Gasteiger partial charge in [-0.05, 0) is 36.8 Å². The van der Waals surface area contributed by atoms with Gasteiger partial charge < -0.3 is 14.8 Å². The van der Waals surface area contributed by atoms with Gasteiger partial charge in [0.1, 0.15) is 0 Å². The van der Waals surface area contributed by atoms with Gasteiger partial charge in [0.05, 0.1) is 10.7 Å². The Labute approximate surface area is 133 Å². The summed E-state index contributed by atoms with van der Waals surface area (Å²) >= 11 is 6.11. The number of benzene rings is 2. The summed E-state index contributed by atoms with van der Waals surface area (Å²) in [5, 5.41) is 3.66. The standard InChI is InChI=1S/C17H14ClNO3/c1-11-3-2-4-13(18)17(11)19-8-7-14(20)12-5-6-15-16(9-12)22-10-21-15/h2-9,19H,10H2,1H3/b8-7+. The lowest BCUT2D eigenvalue weighted by Gasteiger charge is -2.07. The number of anilines is 1. The summed E-state index contributed by atoms with van der Waals surface area (Å²) in [7, 11) is 0. The molecule has 4 nitrogen and oxygen atoms in total. The second kappa shape index (κ2) is 6.12. The molecule has 1 aliphatic rings. The van der Waals surface area contributed by atoms with E-state index < -0.39 is 0 Å². The molecule has 3 rings (SSSR count). The van der Waals surface area contributed by atoms with Gasteiger partial charge in [0.2, 0.25) is 6.79 Å². The molecule has 0 unspecified atom stereocenters. The van der Waals surface area contributed by atoms with Gasteiger partial charge in [-0.2, -0.15) is 0 Å².